The Morgan fingerprint density at radius 3 is 2.34 bits per heavy atom. The number of hydrogen-bond donors (Lipinski definition) is 1. The molecule has 7 nitrogen and oxygen atoms in total. The van der Waals surface area contributed by atoms with E-state index in [4.69, 9.17) is 11.6 Å². The third kappa shape index (κ3) is 3.54. The molecule has 2 fully saturated rings. The number of rotatable bonds is 3. The van der Waals surface area contributed by atoms with Crippen LogP contribution in [0, 0.1) is 0 Å². The second kappa shape index (κ2) is 7.27. The average molecular weight is 433 g/mol. The Morgan fingerprint density at radius 1 is 1.10 bits per heavy atom. The van der Waals surface area contributed by atoms with Crippen LogP contribution < -0.4 is 0 Å². The van der Waals surface area contributed by atoms with E-state index in [1.165, 1.54) is 17.3 Å². The second-order valence-corrected chi connectivity index (χ2v) is 9.72. The molecule has 1 N–H and O–H groups in total. The van der Waals surface area contributed by atoms with Gasteiger partial charge in [-0.3, -0.25) is 14.6 Å². The van der Waals surface area contributed by atoms with E-state index >= 15 is 0 Å². The predicted molar refractivity (Wildman–Crippen MR) is 107 cm³/mol. The number of carbonyl (C=O) groups is 2. The van der Waals surface area contributed by atoms with Crippen LogP contribution in [0.2, 0.25) is 5.02 Å². The van der Waals surface area contributed by atoms with E-state index in [-0.39, 0.29) is 29.3 Å². The number of ketones is 1. The fraction of sp³-hybridized carbons (Fsp3) is 0.250. The van der Waals surface area contributed by atoms with E-state index in [0.29, 0.717) is 16.1 Å². The van der Waals surface area contributed by atoms with Crippen molar-refractivity contribution in [3.05, 3.63) is 70.5 Å². The SMILES string of the molecule is O=C1C(=O)N(C2CCS(=O)(=O)C2)C(c2ccncc2)/C1=C(\O)c1ccc(Cl)cc1. The molecule has 9 heteroatoms. The highest BCUT2D eigenvalue weighted by Gasteiger charge is 2.50. The zero-order valence-corrected chi connectivity index (χ0v) is 16.7. The van der Waals surface area contributed by atoms with Gasteiger partial charge in [-0.05, 0) is 48.4 Å². The monoisotopic (exact) mass is 432 g/mol. The molecule has 2 aliphatic rings. The minimum atomic E-state index is -3.28. The maximum Gasteiger partial charge on any atom is 0.295 e. The Balaban J connectivity index is 1.88. The Hall–Kier alpha value is -2.71. The largest absolute Gasteiger partial charge is 0.507 e. The van der Waals surface area contributed by atoms with E-state index in [2.05, 4.69) is 4.98 Å². The van der Waals surface area contributed by atoms with Crippen LogP contribution in [0.1, 0.15) is 23.6 Å². The highest BCUT2D eigenvalue weighted by Crippen LogP contribution is 2.42. The van der Waals surface area contributed by atoms with Crippen molar-refractivity contribution in [2.24, 2.45) is 0 Å². The molecule has 0 radical (unpaired) electrons. The summed E-state index contributed by atoms with van der Waals surface area (Å²) in [4.78, 5) is 31.0. The summed E-state index contributed by atoms with van der Waals surface area (Å²) in [7, 11) is -3.28. The third-order valence-corrected chi connectivity index (χ3v) is 7.22. The van der Waals surface area contributed by atoms with Crippen molar-refractivity contribution in [3.8, 4) is 0 Å². The molecule has 1 amide bonds. The standard InChI is InChI=1S/C20H17ClN2O5S/c21-14-3-1-13(2-4-14)18(24)16-17(12-5-8-22-9-6-12)23(20(26)19(16)25)15-7-10-29(27,28)11-15/h1-6,8-9,15,17,24H,7,10-11H2/b18-16+. The lowest BCUT2D eigenvalue weighted by Crippen LogP contribution is -2.40. The number of aliphatic hydroxyl groups excluding tert-OH is 1. The molecule has 29 heavy (non-hydrogen) atoms. The molecule has 0 aliphatic carbocycles. The maximum absolute atomic E-state index is 12.9. The van der Waals surface area contributed by atoms with Gasteiger partial charge in [0.2, 0.25) is 0 Å². The summed E-state index contributed by atoms with van der Waals surface area (Å²) >= 11 is 5.90. The van der Waals surface area contributed by atoms with E-state index < -0.39 is 33.6 Å². The number of pyridine rings is 1. The van der Waals surface area contributed by atoms with Gasteiger partial charge in [0.15, 0.2) is 9.84 Å². The zero-order chi connectivity index (χ0) is 20.8. The van der Waals surface area contributed by atoms with Gasteiger partial charge in [0.05, 0.1) is 23.1 Å². The van der Waals surface area contributed by atoms with Crippen LogP contribution in [0.4, 0.5) is 0 Å². The van der Waals surface area contributed by atoms with Crippen LogP contribution in [-0.4, -0.2) is 52.6 Å². The Morgan fingerprint density at radius 2 is 1.76 bits per heavy atom. The Kier molecular flexibility index (Phi) is 4.92. The molecular weight excluding hydrogens is 416 g/mol. The molecule has 1 aromatic heterocycles. The highest BCUT2D eigenvalue weighted by molar-refractivity contribution is 7.91. The van der Waals surface area contributed by atoms with Crippen molar-refractivity contribution in [1.29, 1.82) is 0 Å². The van der Waals surface area contributed by atoms with Crippen LogP contribution in [-0.2, 0) is 19.4 Å². The molecular formula is C20H17ClN2O5S. The van der Waals surface area contributed by atoms with Gasteiger partial charge in [-0.2, -0.15) is 0 Å². The van der Waals surface area contributed by atoms with Crippen LogP contribution >= 0.6 is 11.6 Å². The number of amides is 1. The normalized spacial score (nSPS) is 25.5. The molecule has 2 atom stereocenters. The zero-order valence-electron chi connectivity index (χ0n) is 15.2. The summed E-state index contributed by atoms with van der Waals surface area (Å²) in [5.41, 5.74) is 0.831. The van der Waals surface area contributed by atoms with E-state index in [1.807, 2.05) is 0 Å². The van der Waals surface area contributed by atoms with Gasteiger partial charge in [0.1, 0.15) is 5.76 Å². The highest BCUT2D eigenvalue weighted by atomic mass is 35.5. The number of sulfone groups is 1. The Bertz CT molecular complexity index is 1110. The summed E-state index contributed by atoms with van der Waals surface area (Å²) in [5, 5.41) is 11.4. The first-order chi connectivity index (χ1) is 13.8. The first kappa shape index (κ1) is 19.6. The lowest BCUT2D eigenvalue weighted by atomic mass is 9.95. The van der Waals surface area contributed by atoms with Crippen molar-refractivity contribution >= 4 is 38.9 Å². The number of Topliss-reactive ketones (excluding diaryl/α,β-unsaturated/α-hetero) is 1. The average Bonchev–Trinajstić information content (AvgIpc) is 3.19. The molecule has 2 aliphatic heterocycles. The summed E-state index contributed by atoms with van der Waals surface area (Å²) in [6.07, 6.45) is 3.28. The van der Waals surface area contributed by atoms with Gasteiger partial charge >= 0.3 is 0 Å². The van der Waals surface area contributed by atoms with Crippen LogP contribution in [0.3, 0.4) is 0 Å². The predicted octanol–water partition coefficient (Wildman–Crippen LogP) is 2.34. The molecule has 2 aromatic rings. The number of hydrogen-bond acceptors (Lipinski definition) is 6. The van der Waals surface area contributed by atoms with Crippen LogP contribution in [0.15, 0.2) is 54.4 Å². The van der Waals surface area contributed by atoms with Crippen molar-refractivity contribution in [1.82, 2.24) is 9.88 Å². The van der Waals surface area contributed by atoms with E-state index in [1.54, 1.807) is 36.4 Å². The number of aliphatic hydroxyl groups is 1. The number of halogens is 1. The third-order valence-electron chi connectivity index (χ3n) is 5.22. The van der Waals surface area contributed by atoms with Crippen LogP contribution in [0.5, 0.6) is 0 Å². The van der Waals surface area contributed by atoms with Crippen molar-refractivity contribution in [3.63, 3.8) is 0 Å². The number of benzene rings is 1. The minimum absolute atomic E-state index is 0.0408. The van der Waals surface area contributed by atoms with Gasteiger partial charge in [-0.15, -0.1) is 0 Å². The summed E-state index contributed by atoms with van der Waals surface area (Å²) in [6.45, 7) is 0. The molecule has 0 spiro atoms. The lowest BCUT2D eigenvalue weighted by Gasteiger charge is -2.30. The van der Waals surface area contributed by atoms with Gasteiger partial charge in [-0.1, -0.05) is 11.6 Å². The molecule has 0 bridgehead atoms. The number of nitrogens with zero attached hydrogens (tertiary/aromatic N) is 2. The van der Waals surface area contributed by atoms with Gasteiger partial charge in [-0.25, -0.2) is 8.42 Å². The second-order valence-electron chi connectivity index (χ2n) is 7.05. The smallest absolute Gasteiger partial charge is 0.295 e. The van der Waals surface area contributed by atoms with Crippen molar-refractivity contribution < 1.29 is 23.1 Å². The first-order valence-corrected chi connectivity index (χ1v) is 11.1. The molecule has 3 heterocycles. The summed E-state index contributed by atoms with van der Waals surface area (Å²) in [6, 6.07) is 7.99. The minimum Gasteiger partial charge on any atom is -0.507 e. The summed E-state index contributed by atoms with van der Waals surface area (Å²) in [5.74, 6) is -2.23. The molecule has 2 saturated heterocycles. The Labute approximate surface area is 172 Å². The number of likely N-dealkylation sites (tertiary alicyclic amines) is 1. The van der Waals surface area contributed by atoms with Crippen molar-refractivity contribution in [2.45, 2.75) is 18.5 Å². The van der Waals surface area contributed by atoms with Crippen molar-refractivity contribution in [2.75, 3.05) is 11.5 Å². The van der Waals surface area contributed by atoms with Gasteiger partial charge in [0.25, 0.3) is 11.7 Å². The molecule has 2 unspecified atom stereocenters. The molecule has 0 saturated carbocycles. The van der Waals surface area contributed by atoms with E-state index in [9.17, 15) is 23.1 Å². The fourth-order valence-corrected chi connectivity index (χ4v) is 5.70. The molecule has 4 rings (SSSR count). The quantitative estimate of drug-likeness (QED) is 0.453. The van der Waals surface area contributed by atoms with Crippen LogP contribution in [0.25, 0.3) is 5.76 Å². The van der Waals surface area contributed by atoms with Gasteiger partial charge < -0.3 is 10.0 Å². The fourth-order valence-electron chi connectivity index (χ4n) is 3.86. The van der Waals surface area contributed by atoms with Gasteiger partial charge in [0, 0.05) is 29.0 Å². The molecule has 150 valence electrons. The topological polar surface area (TPSA) is 105 Å². The number of aromatic nitrogens is 1. The van der Waals surface area contributed by atoms with E-state index in [0.717, 1.165) is 0 Å². The molecule has 1 aromatic carbocycles. The first-order valence-electron chi connectivity index (χ1n) is 8.95. The maximum atomic E-state index is 12.9. The summed E-state index contributed by atoms with van der Waals surface area (Å²) < 4.78 is 24.0. The lowest BCUT2D eigenvalue weighted by molar-refractivity contribution is -0.141. The number of carbonyl (C=O) groups excluding carboxylic acids is 2.